The minimum Gasteiger partial charge on any atom is -0.481 e. The van der Waals surface area contributed by atoms with Crippen LogP contribution >= 0.6 is 0 Å². The standard InChI is InChI=1S/C19H21NO4/c1-4-16(24-15-8-12(2)7-13(3)9-15)19(21)20-14-5-6-17-18(10-14)23-11-22-17/h5-10,16H,4,11H2,1-3H3,(H,20,21)/t16-/m1/s1. The average Bonchev–Trinajstić information content (AvgIpc) is 2.99. The van der Waals surface area contributed by atoms with Gasteiger partial charge in [0.1, 0.15) is 5.75 Å². The highest BCUT2D eigenvalue weighted by molar-refractivity contribution is 5.94. The average molecular weight is 327 g/mol. The molecule has 2 aromatic carbocycles. The molecule has 0 aliphatic carbocycles. The van der Waals surface area contributed by atoms with Gasteiger partial charge in [0, 0.05) is 11.8 Å². The molecule has 24 heavy (non-hydrogen) atoms. The molecule has 5 heteroatoms. The number of hydrogen-bond donors (Lipinski definition) is 1. The molecular weight excluding hydrogens is 306 g/mol. The van der Waals surface area contributed by atoms with Crippen molar-refractivity contribution in [1.82, 2.24) is 0 Å². The number of carbonyl (C=O) groups is 1. The summed E-state index contributed by atoms with van der Waals surface area (Å²) in [6.07, 6.45) is 0.0141. The Kier molecular flexibility index (Phi) is 4.60. The smallest absolute Gasteiger partial charge is 0.265 e. The Morgan fingerprint density at radius 2 is 1.83 bits per heavy atom. The molecule has 0 bridgehead atoms. The number of hydrogen-bond acceptors (Lipinski definition) is 4. The van der Waals surface area contributed by atoms with E-state index in [9.17, 15) is 4.79 Å². The predicted octanol–water partition coefficient (Wildman–Crippen LogP) is 3.83. The Morgan fingerprint density at radius 1 is 1.12 bits per heavy atom. The lowest BCUT2D eigenvalue weighted by atomic mass is 10.1. The van der Waals surface area contributed by atoms with Gasteiger partial charge in [-0.2, -0.15) is 0 Å². The Bertz CT molecular complexity index is 737. The quantitative estimate of drug-likeness (QED) is 0.907. The van der Waals surface area contributed by atoms with Gasteiger partial charge in [-0.05, 0) is 55.7 Å². The molecule has 1 aliphatic rings. The number of benzene rings is 2. The first-order valence-electron chi connectivity index (χ1n) is 8.00. The van der Waals surface area contributed by atoms with E-state index in [-0.39, 0.29) is 12.7 Å². The van der Waals surface area contributed by atoms with E-state index in [0.29, 0.717) is 29.4 Å². The molecule has 0 spiro atoms. The maximum absolute atomic E-state index is 12.5. The number of rotatable bonds is 5. The van der Waals surface area contributed by atoms with Crippen LogP contribution in [0.1, 0.15) is 24.5 Å². The zero-order valence-electron chi connectivity index (χ0n) is 14.1. The third-order valence-electron chi connectivity index (χ3n) is 3.78. The first-order chi connectivity index (χ1) is 11.5. The fraction of sp³-hybridized carbons (Fsp3) is 0.316. The largest absolute Gasteiger partial charge is 0.481 e. The van der Waals surface area contributed by atoms with E-state index in [4.69, 9.17) is 14.2 Å². The molecule has 0 radical (unpaired) electrons. The summed E-state index contributed by atoms with van der Waals surface area (Å²) in [6.45, 7) is 6.15. The predicted molar refractivity (Wildman–Crippen MR) is 91.8 cm³/mol. The highest BCUT2D eigenvalue weighted by Gasteiger charge is 2.20. The van der Waals surface area contributed by atoms with Crippen LogP contribution in [0.3, 0.4) is 0 Å². The summed E-state index contributed by atoms with van der Waals surface area (Å²) in [5.74, 6) is 1.85. The molecule has 0 saturated heterocycles. The van der Waals surface area contributed by atoms with Crippen molar-refractivity contribution in [2.24, 2.45) is 0 Å². The van der Waals surface area contributed by atoms with Crippen molar-refractivity contribution in [3.05, 3.63) is 47.5 Å². The molecule has 1 atom stereocenters. The van der Waals surface area contributed by atoms with E-state index in [1.165, 1.54) is 0 Å². The van der Waals surface area contributed by atoms with Crippen molar-refractivity contribution < 1.29 is 19.0 Å². The third-order valence-corrected chi connectivity index (χ3v) is 3.78. The number of aryl methyl sites for hydroxylation is 2. The molecule has 5 nitrogen and oxygen atoms in total. The third kappa shape index (κ3) is 3.62. The molecule has 1 N–H and O–H groups in total. The van der Waals surface area contributed by atoms with Crippen LogP contribution in [0, 0.1) is 13.8 Å². The van der Waals surface area contributed by atoms with E-state index < -0.39 is 6.10 Å². The van der Waals surface area contributed by atoms with E-state index in [1.807, 2.05) is 32.9 Å². The van der Waals surface area contributed by atoms with Gasteiger partial charge in [-0.1, -0.05) is 13.0 Å². The summed E-state index contributed by atoms with van der Waals surface area (Å²) in [6, 6.07) is 11.3. The van der Waals surface area contributed by atoms with Crippen molar-refractivity contribution in [1.29, 1.82) is 0 Å². The minimum absolute atomic E-state index is 0.185. The van der Waals surface area contributed by atoms with Gasteiger partial charge in [0.25, 0.3) is 5.91 Å². The van der Waals surface area contributed by atoms with Gasteiger partial charge < -0.3 is 19.5 Å². The normalized spacial score (nSPS) is 13.5. The molecule has 0 saturated carbocycles. The van der Waals surface area contributed by atoms with Gasteiger partial charge in [0.2, 0.25) is 6.79 Å². The highest BCUT2D eigenvalue weighted by atomic mass is 16.7. The van der Waals surface area contributed by atoms with Crippen molar-refractivity contribution in [3.8, 4) is 17.2 Å². The molecule has 0 fully saturated rings. The van der Waals surface area contributed by atoms with Crippen LogP contribution in [0.5, 0.6) is 17.2 Å². The zero-order valence-corrected chi connectivity index (χ0v) is 14.1. The van der Waals surface area contributed by atoms with Crippen molar-refractivity contribution in [3.63, 3.8) is 0 Å². The van der Waals surface area contributed by atoms with Gasteiger partial charge in [-0.3, -0.25) is 4.79 Å². The molecule has 2 aromatic rings. The van der Waals surface area contributed by atoms with Gasteiger partial charge in [-0.25, -0.2) is 0 Å². The molecule has 1 amide bonds. The first-order valence-corrected chi connectivity index (χ1v) is 8.00. The molecular formula is C19H21NO4. The fourth-order valence-corrected chi connectivity index (χ4v) is 2.68. The zero-order chi connectivity index (χ0) is 17.1. The van der Waals surface area contributed by atoms with Crippen LogP contribution in [0.25, 0.3) is 0 Å². The number of fused-ring (bicyclic) bond motifs is 1. The van der Waals surface area contributed by atoms with Crippen LogP contribution in [-0.4, -0.2) is 18.8 Å². The lowest BCUT2D eigenvalue weighted by Crippen LogP contribution is -2.32. The van der Waals surface area contributed by atoms with Gasteiger partial charge in [0.05, 0.1) is 0 Å². The number of nitrogens with one attached hydrogen (secondary N) is 1. The Morgan fingerprint density at radius 3 is 2.54 bits per heavy atom. The van der Waals surface area contributed by atoms with Crippen molar-refractivity contribution >= 4 is 11.6 Å². The second-order valence-corrected chi connectivity index (χ2v) is 5.90. The number of amides is 1. The SMILES string of the molecule is CC[C@@H](Oc1cc(C)cc(C)c1)C(=O)Nc1ccc2c(c1)OCO2. The minimum atomic E-state index is -0.559. The molecule has 3 rings (SSSR count). The molecule has 1 aliphatic heterocycles. The van der Waals surface area contributed by atoms with Gasteiger partial charge >= 0.3 is 0 Å². The summed E-state index contributed by atoms with van der Waals surface area (Å²) in [5, 5.41) is 2.87. The maximum atomic E-state index is 12.5. The fourth-order valence-electron chi connectivity index (χ4n) is 2.68. The maximum Gasteiger partial charge on any atom is 0.265 e. The monoisotopic (exact) mass is 327 g/mol. The summed E-state index contributed by atoms with van der Waals surface area (Å²) in [7, 11) is 0. The van der Waals surface area contributed by atoms with Crippen molar-refractivity contribution in [2.45, 2.75) is 33.3 Å². The molecule has 126 valence electrons. The number of ether oxygens (including phenoxy) is 3. The summed E-state index contributed by atoms with van der Waals surface area (Å²) in [5.41, 5.74) is 2.87. The van der Waals surface area contributed by atoms with Gasteiger partial charge in [0.15, 0.2) is 17.6 Å². The van der Waals surface area contributed by atoms with E-state index in [0.717, 1.165) is 11.1 Å². The Labute approximate surface area is 141 Å². The molecule has 1 heterocycles. The number of anilines is 1. The van der Waals surface area contributed by atoms with Crippen LogP contribution in [-0.2, 0) is 4.79 Å². The summed E-state index contributed by atoms with van der Waals surface area (Å²) >= 11 is 0. The summed E-state index contributed by atoms with van der Waals surface area (Å²) in [4.78, 5) is 12.5. The first kappa shape index (κ1) is 16.2. The molecule has 0 aromatic heterocycles. The van der Waals surface area contributed by atoms with Crippen LogP contribution in [0.15, 0.2) is 36.4 Å². The second kappa shape index (κ2) is 6.83. The Hall–Kier alpha value is -2.69. The van der Waals surface area contributed by atoms with E-state index >= 15 is 0 Å². The Balaban J connectivity index is 1.69. The highest BCUT2D eigenvalue weighted by Crippen LogP contribution is 2.34. The van der Waals surface area contributed by atoms with Gasteiger partial charge in [-0.15, -0.1) is 0 Å². The lowest BCUT2D eigenvalue weighted by Gasteiger charge is -2.18. The van der Waals surface area contributed by atoms with E-state index in [1.54, 1.807) is 18.2 Å². The van der Waals surface area contributed by atoms with Crippen LogP contribution in [0.2, 0.25) is 0 Å². The van der Waals surface area contributed by atoms with Crippen molar-refractivity contribution in [2.75, 3.05) is 12.1 Å². The summed E-state index contributed by atoms with van der Waals surface area (Å²) < 4.78 is 16.5. The van der Waals surface area contributed by atoms with E-state index in [2.05, 4.69) is 11.4 Å². The molecule has 0 unspecified atom stereocenters. The topological polar surface area (TPSA) is 56.8 Å². The number of carbonyl (C=O) groups excluding carboxylic acids is 1. The van der Waals surface area contributed by atoms with Crippen LogP contribution < -0.4 is 19.5 Å². The second-order valence-electron chi connectivity index (χ2n) is 5.90. The van der Waals surface area contributed by atoms with Crippen LogP contribution in [0.4, 0.5) is 5.69 Å². The lowest BCUT2D eigenvalue weighted by molar-refractivity contribution is -0.122.